The Balaban J connectivity index is 0. The first-order valence-corrected chi connectivity index (χ1v) is 9.31. The third-order valence-electron chi connectivity index (χ3n) is 4.74. The van der Waals surface area contributed by atoms with E-state index in [1.54, 1.807) is 0 Å². The molecule has 31 heteroatoms. The number of carbonyl (C=O) groups is 2. The standard InChI is InChI=1S/C8HF15O2.C7H2F12O2/c9-2(10,1(24)25)3(11,12)4(13,14)5(15,16)6(17,18)7(19,20)8(21,22)23;8-1(9)3(10,11)5(14,15)7(18,19)6(16,17)4(12,13)2(20)21/h(H,24,25);1H,(H,20,21). The van der Waals surface area contributed by atoms with Crippen molar-refractivity contribution in [2.75, 3.05) is 0 Å². The monoisotopic (exact) mass is 760 g/mol. The van der Waals surface area contributed by atoms with Gasteiger partial charge in [0.1, 0.15) is 0 Å². The maximum Gasteiger partial charge on any atom is 0.460 e. The molecule has 0 heterocycles. The summed E-state index contributed by atoms with van der Waals surface area (Å²) in [5.41, 5.74) is 0. The molecule has 0 amide bonds. The molecular weight excluding hydrogens is 757 g/mol. The van der Waals surface area contributed by atoms with Gasteiger partial charge in [0.05, 0.1) is 0 Å². The quantitative estimate of drug-likeness (QED) is 0.198. The average Bonchev–Trinajstić information content (AvgIpc) is 2.82. The van der Waals surface area contributed by atoms with Gasteiger partial charge in [-0.2, -0.15) is 110 Å². The Morgan fingerprint density at radius 2 is 0.543 bits per heavy atom. The SMILES string of the molecule is O=C(O)C(F)(F)C(F)(F)C(F)(F)C(F)(F)C(F)(F)C(F)(F)C(F)(F)F.O=C(O)C(F)(F)C(F)(F)C(F)(F)C(F)(F)C(F)(F)C(F)F. The Morgan fingerprint density at radius 1 is 0.348 bits per heavy atom. The highest BCUT2D eigenvalue weighted by atomic mass is 19.4. The third-order valence-corrected chi connectivity index (χ3v) is 4.74. The van der Waals surface area contributed by atoms with Crippen LogP contribution in [0.4, 0.5) is 119 Å². The first-order valence-electron chi connectivity index (χ1n) is 9.31. The van der Waals surface area contributed by atoms with E-state index < -0.39 is 89.7 Å². The van der Waals surface area contributed by atoms with E-state index in [-0.39, 0.29) is 0 Å². The minimum atomic E-state index is -8.47. The van der Waals surface area contributed by atoms with Crippen molar-refractivity contribution in [1.29, 1.82) is 0 Å². The molecule has 0 aromatic heterocycles. The molecule has 276 valence electrons. The maximum atomic E-state index is 12.8. The predicted octanol–water partition coefficient (Wildman–Crippen LogP) is 7.96. The molecule has 0 spiro atoms. The van der Waals surface area contributed by atoms with E-state index >= 15 is 0 Å². The van der Waals surface area contributed by atoms with Crippen molar-refractivity contribution in [2.45, 2.75) is 77.7 Å². The summed E-state index contributed by atoms with van der Waals surface area (Å²) >= 11 is 0. The zero-order valence-corrected chi connectivity index (χ0v) is 19.5. The number of hydrogen-bond acceptors (Lipinski definition) is 2. The van der Waals surface area contributed by atoms with Crippen LogP contribution in [0.25, 0.3) is 0 Å². The van der Waals surface area contributed by atoms with E-state index in [2.05, 4.69) is 0 Å². The largest absolute Gasteiger partial charge is 0.477 e. The van der Waals surface area contributed by atoms with Crippen LogP contribution < -0.4 is 0 Å². The average molecular weight is 760 g/mol. The van der Waals surface area contributed by atoms with Crippen LogP contribution >= 0.6 is 0 Å². The normalized spacial score (nSPS) is 15.8. The number of carboxylic acids is 2. The van der Waals surface area contributed by atoms with Crippen molar-refractivity contribution in [3.63, 3.8) is 0 Å². The molecule has 0 atom stereocenters. The number of carboxylic acid groups (broad SMARTS) is 2. The van der Waals surface area contributed by atoms with Crippen molar-refractivity contribution in [1.82, 2.24) is 0 Å². The highest BCUT2D eigenvalue weighted by Gasteiger charge is 2.94. The molecule has 0 aliphatic heterocycles. The van der Waals surface area contributed by atoms with Gasteiger partial charge in [0, 0.05) is 0 Å². The van der Waals surface area contributed by atoms with Crippen molar-refractivity contribution >= 4 is 11.9 Å². The van der Waals surface area contributed by atoms with Gasteiger partial charge in [0.25, 0.3) is 0 Å². The van der Waals surface area contributed by atoms with E-state index in [4.69, 9.17) is 10.2 Å². The zero-order chi connectivity index (χ0) is 38.7. The van der Waals surface area contributed by atoms with Gasteiger partial charge in [0.15, 0.2) is 0 Å². The number of hydrogen-bond donors (Lipinski definition) is 2. The van der Waals surface area contributed by atoms with Gasteiger partial charge < -0.3 is 10.2 Å². The summed E-state index contributed by atoms with van der Waals surface area (Å²) in [6.07, 6.45) is -13.3. The molecule has 0 saturated carbocycles. The lowest BCUT2D eigenvalue weighted by Crippen LogP contribution is -2.73. The number of aliphatic carboxylic acids is 2. The van der Waals surface area contributed by atoms with Gasteiger partial charge in [0.2, 0.25) is 0 Å². The van der Waals surface area contributed by atoms with Crippen LogP contribution in [0.2, 0.25) is 0 Å². The lowest BCUT2D eigenvalue weighted by molar-refractivity contribution is -0.450. The van der Waals surface area contributed by atoms with Gasteiger partial charge >= 0.3 is 89.7 Å². The van der Waals surface area contributed by atoms with E-state index in [9.17, 15) is 128 Å². The molecule has 0 unspecified atom stereocenters. The summed E-state index contributed by atoms with van der Waals surface area (Å²) in [7, 11) is 0. The fourth-order valence-electron chi connectivity index (χ4n) is 1.98. The third kappa shape index (κ3) is 5.97. The van der Waals surface area contributed by atoms with Crippen molar-refractivity contribution in [2.24, 2.45) is 0 Å². The summed E-state index contributed by atoms with van der Waals surface area (Å²) < 4.78 is 334. The first-order chi connectivity index (χ1) is 19.3. The molecule has 0 fully saturated rings. The van der Waals surface area contributed by atoms with E-state index in [0.717, 1.165) is 0 Å². The second-order valence-corrected chi connectivity index (χ2v) is 7.78. The molecule has 0 aromatic carbocycles. The van der Waals surface area contributed by atoms with Crippen LogP contribution in [-0.4, -0.2) is 99.9 Å². The van der Waals surface area contributed by atoms with Gasteiger partial charge in [-0.05, 0) is 0 Å². The van der Waals surface area contributed by atoms with Crippen LogP contribution in [0, 0.1) is 0 Å². The van der Waals surface area contributed by atoms with Crippen LogP contribution in [0.15, 0.2) is 0 Å². The lowest BCUT2D eigenvalue weighted by Gasteiger charge is -2.40. The molecule has 2 N–H and O–H groups in total. The maximum absolute atomic E-state index is 12.8. The number of rotatable bonds is 12. The van der Waals surface area contributed by atoms with Gasteiger partial charge in [-0.15, -0.1) is 0 Å². The summed E-state index contributed by atoms with van der Waals surface area (Å²) in [5.74, 6) is -94.0. The molecule has 46 heavy (non-hydrogen) atoms. The highest BCUT2D eigenvalue weighted by molar-refractivity contribution is 5.77. The molecule has 0 radical (unpaired) electrons. The molecule has 0 aliphatic carbocycles. The molecule has 0 aliphatic rings. The molecule has 0 aromatic rings. The van der Waals surface area contributed by atoms with Crippen LogP contribution in [0.1, 0.15) is 0 Å². The summed E-state index contributed by atoms with van der Waals surface area (Å²) in [6, 6.07) is 0. The molecule has 4 nitrogen and oxygen atoms in total. The van der Waals surface area contributed by atoms with E-state index in [0.29, 0.717) is 0 Å². The lowest BCUT2D eigenvalue weighted by atomic mass is 9.91. The van der Waals surface area contributed by atoms with Gasteiger partial charge in [-0.25, -0.2) is 18.4 Å². The predicted molar refractivity (Wildman–Crippen MR) is 81.7 cm³/mol. The van der Waals surface area contributed by atoms with Gasteiger partial charge in [-0.3, -0.25) is 0 Å². The first kappa shape index (κ1) is 45.2. The Bertz CT molecular complexity index is 1120. The van der Waals surface area contributed by atoms with Crippen molar-refractivity contribution < 1.29 is 138 Å². The summed E-state index contributed by atoms with van der Waals surface area (Å²) in [5, 5.41) is 15.1. The molecule has 0 rings (SSSR count). The fourth-order valence-corrected chi connectivity index (χ4v) is 1.98. The van der Waals surface area contributed by atoms with Gasteiger partial charge in [-0.1, -0.05) is 0 Å². The Hall–Kier alpha value is -2.95. The number of alkyl halides is 27. The highest BCUT2D eigenvalue weighted by Crippen LogP contribution is 2.62. The Morgan fingerprint density at radius 3 is 0.739 bits per heavy atom. The summed E-state index contributed by atoms with van der Waals surface area (Å²) in [6.45, 7) is 0. The van der Waals surface area contributed by atoms with Crippen LogP contribution in [0.5, 0.6) is 0 Å². The zero-order valence-electron chi connectivity index (χ0n) is 19.5. The minimum absolute atomic E-state index is 4.05. The topological polar surface area (TPSA) is 74.6 Å². The van der Waals surface area contributed by atoms with Crippen molar-refractivity contribution in [3.05, 3.63) is 0 Å². The minimum Gasteiger partial charge on any atom is -0.477 e. The molecule has 0 saturated heterocycles. The second-order valence-electron chi connectivity index (χ2n) is 7.78. The Kier molecular flexibility index (Phi) is 11.4. The molecular formula is C15H3F27O4. The fraction of sp³-hybridized carbons (Fsp3) is 0.867. The van der Waals surface area contributed by atoms with Crippen molar-refractivity contribution in [3.8, 4) is 0 Å². The van der Waals surface area contributed by atoms with Crippen LogP contribution in [-0.2, 0) is 9.59 Å². The Labute approximate surface area is 229 Å². The van der Waals surface area contributed by atoms with E-state index in [1.165, 1.54) is 0 Å². The second kappa shape index (κ2) is 11.6. The smallest absolute Gasteiger partial charge is 0.460 e. The number of halogens is 27. The van der Waals surface area contributed by atoms with E-state index in [1.807, 2.05) is 0 Å². The van der Waals surface area contributed by atoms with Crippen LogP contribution in [0.3, 0.4) is 0 Å². The molecule has 0 bridgehead atoms. The summed E-state index contributed by atoms with van der Waals surface area (Å²) in [4.78, 5) is 19.4.